The van der Waals surface area contributed by atoms with E-state index >= 15 is 0 Å². The summed E-state index contributed by atoms with van der Waals surface area (Å²) in [7, 11) is 3.27. The second-order valence-corrected chi connectivity index (χ2v) is 5.46. The molecule has 0 unspecified atom stereocenters. The van der Waals surface area contributed by atoms with Crippen molar-refractivity contribution >= 4 is 15.9 Å². The number of rotatable bonds is 14. The van der Waals surface area contributed by atoms with Crippen molar-refractivity contribution in [2.45, 2.75) is 6.42 Å². The molecular weight excluding hydrogens is 368 g/mol. The van der Waals surface area contributed by atoms with Gasteiger partial charge in [0.25, 0.3) is 0 Å². The lowest BCUT2D eigenvalue weighted by Crippen LogP contribution is -2.08. The van der Waals surface area contributed by atoms with Crippen LogP contribution >= 0.6 is 15.9 Å². The van der Waals surface area contributed by atoms with Crippen LogP contribution < -0.4 is 4.74 Å². The molecule has 0 aliphatic carbocycles. The predicted octanol–water partition coefficient (Wildman–Crippen LogP) is 2.63. The van der Waals surface area contributed by atoms with Crippen molar-refractivity contribution in [1.82, 2.24) is 0 Å². The summed E-state index contributed by atoms with van der Waals surface area (Å²) >= 11 is 3.50. The number of benzene rings is 1. The largest absolute Gasteiger partial charge is 0.466 e. The maximum Gasteiger partial charge on any atom is 0.189 e. The first-order valence-corrected chi connectivity index (χ1v) is 8.19. The molecule has 0 bridgehead atoms. The second-order valence-electron chi connectivity index (χ2n) is 4.61. The first-order valence-electron chi connectivity index (χ1n) is 7.40. The third-order valence-corrected chi connectivity index (χ3v) is 3.48. The lowest BCUT2D eigenvalue weighted by atomic mass is 10.1. The van der Waals surface area contributed by atoms with E-state index in [2.05, 4.69) is 15.9 Å². The molecule has 0 spiro atoms. The molecule has 1 aromatic rings. The lowest BCUT2D eigenvalue weighted by Gasteiger charge is -2.10. The molecule has 132 valence electrons. The van der Waals surface area contributed by atoms with Gasteiger partial charge in [0, 0.05) is 14.2 Å². The smallest absolute Gasteiger partial charge is 0.189 e. The normalized spacial score (nSPS) is 10.9. The van der Waals surface area contributed by atoms with Crippen LogP contribution in [0.3, 0.4) is 0 Å². The summed E-state index contributed by atoms with van der Waals surface area (Å²) in [6.45, 7) is 3.26. The highest BCUT2D eigenvalue weighted by Gasteiger charge is 2.03. The summed E-state index contributed by atoms with van der Waals surface area (Å²) in [4.78, 5) is 0. The zero-order valence-corrected chi connectivity index (χ0v) is 15.3. The van der Waals surface area contributed by atoms with Crippen LogP contribution in [0.15, 0.2) is 22.7 Å². The van der Waals surface area contributed by atoms with Crippen molar-refractivity contribution in [1.29, 1.82) is 0 Å². The molecule has 1 aromatic carbocycles. The highest BCUT2D eigenvalue weighted by Crippen LogP contribution is 2.26. The molecule has 0 N–H and O–H groups in total. The molecule has 0 aliphatic rings. The number of methoxy groups -OCH3 is 2. The monoisotopic (exact) mass is 392 g/mol. The average Bonchev–Trinajstić information content (AvgIpc) is 2.55. The number of hydrogen-bond acceptors (Lipinski definition) is 6. The van der Waals surface area contributed by atoms with Gasteiger partial charge >= 0.3 is 0 Å². The van der Waals surface area contributed by atoms with Gasteiger partial charge in [0.05, 0.1) is 37.5 Å². The van der Waals surface area contributed by atoms with Gasteiger partial charge in [-0.2, -0.15) is 0 Å². The van der Waals surface area contributed by atoms with Crippen molar-refractivity contribution in [3.63, 3.8) is 0 Å². The van der Waals surface area contributed by atoms with E-state index in [1.165, 1.54) is 0 Å². The van der Waals surface area contributed by atoms with E-state index in [4.69, 9.17) is 28.4 Å². The standard InChI is InChI=1S/C16H25BrO6/c1-18-7-9-21-12-20-6-5-14-3-4-16(15(17)11-14)23-13-22-10-8-19-2/h3-4,11H,5-10,12-13H2,1-2H3. The molecule has 0 aliphatic heterocycles. The molecular formula is C16H25BrO6. The summed E-state index contributed by atoms with van der Waals surface area (Å²) in [6, 6.07) is 5.93. The molecule has 0 saturated heterocycles. The van der Waals surface area contributed by atoms with E-state index in [1.54, 1.807) is 14.2 Å². The molecule has 0 amide bonds. The van der Waals surface area contributed by atoms with Crippen LogP contribution in [0.4, 0.5) is 0 Å². The van der Waals surface area contributed by atoms with Crippen molar-refractivity contribution in [2.24, 2.45) is 0 Å². The summed E-state index contributed by atoms with van der Waals surface area (Å²) < 4.78 is 32.1. The van der Waals surface area contributed by atoms with E-state index in [0.717, 1.165) is 22.2 Å². The van der Waals surface area contributed by atoms with Gasteiger partial charge in [0.1, 0.15) is 12.5 Å². The Balaban J connectivity index is 2.19. The van der Waals surface area contributed by atoms with Crippen LogP contribution in [0.5, 0.6) is 5.75 Å². The minimum absolute atomic E-state index is 0.198. The average molecular weight is 393 g/mol. The Morgan fingerprint density at radius 3 is 2.13 bits per heavy atom. The molecule has 0 atom stereocenters. The van der Waals surface area contributed by atoms with Crippen LogP contribution in [0.1, 0.15) is 5.56 Å². The fraction of sp³-hybridized carbons (Fsp3) is 0.625. The van der Waals surface area contributed by atoms with Crippen molar-refractivity contribution in [3.05, 3.63) is 28.2 Å². The van der Waals surface area contributed by atoms with Gasteiger partial charge < -0.3 is 28.4 Å². The fourth-order valence-corrected chi connectivity index (χ4v) is 2.17. The van der Waals surface area contributed by atoms with E-state index in [9.17, 15) is 0 Å². The Bertz CT molecular complexity index is 416. The van der Waals surface area contributed by atoms with E-state index < -0.39 is 0 Å². The van der Waals surface area contributed by atoms with Gasteiger partial charge in [-0.05, 0) is 40.0 Å². The summed E-state index contributed by atoms with van der Waals surface area (Å²) in [6.07, 6.45) is 0.802. The summed E-state index contributed by atoms with van der Waals surface area (Å²) in [5.74, 6) is 0.745. The van der Waals surface area contributed by atoms with Crippen molar-refractivity contribution in [3.8, 4) is 5.75 Å². The topological polar surface area (TPSA) is 55.4 Å². The highest BCUT2D eigenvalue weighted by molar-refractivity contribution is 9.10. The van der Waals surface area contributed by atoms with Gasteiger partial charge in [0.15, 0.2) is 6.79 Å². The van der Waals surface area contributed by atoms with Gasteiger partial charge in [-0.1, -0.05) is 6.07 Å². The lowest BCUT2D eigenvalue weighted by molar-refractivity contribution is -0.0647. The third kappa shape index (κ3) is 9.91. The summed E-state index contributed by atoms with van der Waals surface area (Å²) in [5.41, 5.74) is 1.15. The quantitative estimate of drug-likeness (QED) is 0.358. The Labute approximate surface area is 146 Å². The van der Waals surface area contributed by atoms with Crippen LogP contribution in [0, 0.1) is 0 Å². The highest BCUT2D eigenvalue weighted by atomic mass is 79.9. The summed E-state index contributed by atoms with van der Waals surface area (Å²) in [5, 5.41) is 0. The molecule has 0 aromatic heterocycles. The Hall–Kier alpha value is -0.700. The van der Waals surface area contributed by atoms with Crippen LogP contribution in [0.2, 0.25) is 0 Å². The van der Waals surface area contributed by atoms with Crippen molar-refractivity contribution in [2.75, 3.05) is 60.8 Å². The van der Waals surface area contributed by atoms with Crippen LogP contribution in [0.25, 0.3) is 0 Å². The predicted molar refractivity (Wildman–Crippen MR) is 89.8 cm³/mol. The first kappa shape index (κ1) is 20.3. The van der Waals surface area contributed by atoms with Gasteiger partial charge in [-0.3, -0.25) is 0 Å². The van der Waals surface area contributed by atoms with Crippen LogP contribution in [-0.4, -0.2) is 60.8 Å². The van der Waals surface area contributed by atoms with Gasteiger partial charge in [0.2, 0.25) is 0 Å². The molecule has 7 heteroatoms. The van der Waals surface area contributed by atoms with Gasteiger partial charge in [-0.25, -0.2) is 0 Å². The SMILES string of the molecule is COCCOCOCCc1ccc(OCOCCOC)c(Br)c1. The molecule has 23 heavy (non-hydrogen) atoms. The molecule has 6 nitrogen and oxygen atoms in total. The van der Waals surface area contributed by atoms with Gasteiger partial charge in [-0.15, -0.1) is 0 Å². The Kier molecular flexibility index (Phi) is 12.1. The minimum Gasteiger partial charge on any atom is -0.466 e. The second kappa shape index (κ2) is 13.7. The fourth-order valence-electron chi connectivity index (χ4n) is 1.63. The maximum absolute atomic E-state index is 5.53. The Morgan fingerprint density at radius 1 is 0.826 bits per heavy atom. The van der Waals surface area contributed by atoms with E-state index in [0.29, 0.717) is 33.0 Å². The zero-order valence-electron chi connectivity index (χ0n) is 13.7. The number of halogens is 1. The minimum atomic E-state index is 0.198. The molecule has 0 fully saturated rings. The molecule has 0 saturated carbocycles. The first-order chi connectivity index (χ1) is 11.3. The van der Waals surface area contributed by atoms with Crippen LogP contribution in [-0.2, 0) is 30.1 Å². The number of hydrogen-bond donors (Lipinski definition) is 0. The maximum atomic E-state index is 5.53. The molecule has 0 heterocycles. The molecule has 1 rings (SSSR count). The van der Waals surface area contributed by atoms with E-state index in [-0.39, 0.29) is 13.6 Å². The van der Waals surface area contributed by atoms with E-state index in [1.807, 2.05) is 18.2 Å². The third-order valence-electron chi connectivity index (χ3n) is 2.86. The number of ether oxygens (including phenoxy) is 6. The molecule has 0 radical (unpaired) electrons. The zero-order chi connectivity index (χ0) is 16.8. The van der Waals surface area contributed by atoms with Crippen molar-refractivity contribution < 1.29 is 28.4 Å². The Morgan fingerprint density at radius 2 is 1.48 bits per heavy atom.